The van der Waals surface area contributed by atoms with E-state index in [0.29, 0.717) is 50.3 Å². The van der Waals surface area contributed by atoms with Crippen LogP contribution in [0.15, 0.2) is 21.6 Å². The highest BCUT2D eigenvalue weighted by Gasteiger charge is 2.31. The minimum Gasteiger partial charge on any atom is -0.370 e. The number of nitrogens with one attached hydrogen (secondary N) is 1. The zero-order chi connectivity index (χ0) is 24.2. The molecule has 0 spiro atoms. The van der Waals surface area contributed by atoms with Gasteiger partial charge in [0.1, 0.15) is 0 Å². The average molecular weight is 480 g/mol. The van der Waals surface area contributed by atoms with Crippen LogP contribution in [0.2, 0.25) is 0 Å². The summed E-state index contributed by atoms with van der Waals surface area (Å²) in [5.41, 5.74) is 21.3. The van der Waals surface area contributed by atoms with Crippen LogP contribution in [0, 0.1) is 5.92 Å². The first kappa shape index (κ1) is 26.0. The molecule has 1 unspecified atom stereocenters. The maximum atomic E-state index is 12.8. The number of rotatable bonds is 13. The van der Waals surface area contributed by atoms with E-state index in [1.807, 2.05) is 0 Å². The van der Waals surface area contributed by atoms with E-state index in [0.717, 1.165) is 12.8 Å². The molecule has 1 aliphatic rings. The fourth-order valence-electron chi connectivity index (χ4n) is 3.67. The van der Waals surface area contributed by atoms with Crippen LogP contribution in [0.25, 0.3) is 0 Å². The summed E-state index contributed by atoms with van der Waals surface area (Å²) >= 11 is 1.21. The Bertz CT molecular complexity index is 849. The normalized spacial score (nSPS) is 16.7. The van der Waals surface area contributed by atoms with Gasteiger partial charge in [0.15, 0.2) is 16.9 Å². The minimum absolute atomic E-state index is 0.0294. The molecule has 0 bridgehead atoms. The topological polar surface area (TPSA) is 208 Å². The van der Waals surface area contributed by atoms with E-state index in [1.165, 1.54) is 17.5 Å². The van der Waals surface area contributed by atoms with Gasteiger partial charge in [-0.1, -0.05) is 0 Å². The monoisotopic (exact) mass is 479 g/mol. The van der Waals surface area contributed by atoms with Crippen molar-refractivity contribution in [2.24, 2.45) is 38.8 Å². The van der Waals surface area contributed by atoms with E-state index in [2.05, 4.69) is 20.3 Å². The number of guanidine groups is 2. The number of hydrogen-bond donors (Lipinski definition) is 5. The van der Waals surface area contributed by atoms with E-state index in [1.54, 1.807) is 10.3 Å². The first-order chi connectivity index (χ1) is 15.8. The number of likely N-dealkylation sites (tertiary alicyclic amines) is 1. The number of aliphatic imine (C=N–C) groups is 2. The second kappa shape index (κ2) is 13.4. The van der Waals surface area contributed by atoms with Crippen molar-refractivity contribution in [3.8, 4) is 0 Å². The highest BCUT2D eigenvalue weighted by atomic mass is 32.1. The van der Waals surface area contributed by atoms with E-state index in [-0.39, 0.29) is 42.0 Å². The molecule has 1 saturated heterocycles. The molecule has 9 N–H and O–H groups in total. The highest BCUT2D eigenvalue weighted by Crippen LogP contribution is 2.22. The van der Waals surface area contributed by atoms with Gasteiger partial charge in [-0.05, 0) is 38.5 Å². The first-order valence-electron chi connectivity index (χ1n) is 10.9. The van der Waals surface area contributed by atoms with Crippen molar-refractivity contribution in [3.05, 3.63) is 16.6 Å². The Labute approximate surface area is 196 Å². The largest absolute Gasteiger partial charge is 0.370 e. The quantitative estimate of drug-likeness (QED) is 0.104. The summed E-state index contributed by atoms with van der Waals surface area (Å²) in [7, 11) is 0. The number of aromatic nitrogens is 1. The zero-order valence-corrected chi connectivity index (χ0v) is 19.4. The van der Waals surface area contributed by atoms with Gasteiger partial charge in [0.05, 0.1) is 12.6 Å². The number of amides is 2. The Morgan fingerprint density at radius 2 is 1.88 bits per heavy atom. The van der Waals surface area contributed by atoms with Crippen molar-refractivity contribution in [1.82, 2.24) is 15.2 Å². The molecule has 0 radical (unpaired) electrons. The molecule has 2 rings (SSSR count). The van der Waals surface area contributed by atoms with Crippen LogP contribution in [0.1, 0.15) is 48.3 Å². The van der Waals surface area contributed by atoms with Gasteiger partial charge < -0.3 is 33.2 Å². The van der Waals surface area contributed by atoms with Crippen molar-refractivity contribution < 1.29 is 14.4 Å². The van der Waals surface area contributed by atoms with Crippen LogP contribution < -0.4 is 28.3 Å². The van der Waals surface area contributed by atoms with Crippen LogP contribution >= 0.6 is 11.3 Å². The van der Waals surface area contributed by atoms with Crippen LogP contribution in [0.3, 0.4) is 0 Å². The number of ketones is 1. The summed E-state index contributed by atoms with van der Waals surface area (Å²) in [6.07, 6.45) is 5.32. The molecule has 13 heteroatoms. The fourth-order valence-corrected chi connectivity index (χ4v) is 4.30. The second-order valence-electron chi connectivity index (χ2n) is 7.82. The van der Waals surface area contributed by atoms with Crippen molar-refractivity contribution in [3.63, 3.8) is 0 Å². The van der Waals surface area contributed by atoms with Crippen molar-refractivity contribution in [2.45, 2.75) is 44.6 Å². The van der Waals surface area contributed by atoms with Gasteiger partial charge in [-0.2, -0.15) is 0 Å². The van der Waals surface area contributed by atoms with Gasteiger partial charge >= 0.3 is 0 Å². The standard InChI is InChI=1S/C20H33N9O3S/c21-19(22)26-7-1-4-13-5-3-10-29(18(13)32)12-15(30)28-14(6-2-8-27-20(23)24)16(31)17-25-9-11-33-17/h9,11,13-14H,1-8,10,12H2,(H,28,30)(H4,21,22,26)(H4,23,24,27)/t13?,14-/m0/s1. The second-order valence-corrected chi connectivity index (χ2v) is 8.71. The summed E-state index contributed by atoms with van der Waals surface area (Å²) in [6.45, 7) is 1.21. The molecule has 1 aromatic rings. The third-order valence-electron chi connectivity index (χ3n) is 5.22. The SMILES string of the molecule is NC(N)=NCCCC1CCCN(CC(=O)N[C@@H](CCCN=C(N)N)C(=O)c2nccs2)C1=O. The van der Waals surface area contributed by atoms with Crippen molar-refractivity contribution in [2.75, 3.05) is 26.2 Å². The van der Waals surface area contributed by atoms with Crippen LogP contribution in [0.4, 0.5) is 0 Å². The number of carbonyl (C=O) groups excluding carboxylic acids is 3. The van der Waals surface area contributed by atoms with Gasteiger partial charge in [-0.3, -0.25) is 24.4 Å². The van der Waals surface area contributed by atoms with Gasteiger partial charge in [0.25, 0.3) is 0 Å². The zero-order valence-electron chi connectivity index (χ0n) is 18.6. The van der Waals surface area contributed by atoms with E-state index in [9.17, 15) is 14.4 Å². The Morgan fingerprint density at radius 1 is 1.18 bits per heavy atom. The Hall–Kier alpha value is -3.22. The lowest BCUT2D eigenvalue weighted by atomic mass is 9.92. The first-order valence-corrected chi connectivity index (χ1v) is 11.8. The fraction of sp³-hybridized carbons (Fsp3) is 0.600. The summed E-state index contributed by atoms with van der Waals surface area (Å²) in [5, 5.41) is 4.78. The third-order valence-corrected chi connectivity index (χ3v) is 6.01. The molecular formula is C20H33N9O3S. The van der Waals surface area contributed by atoms with Crippen LogP contribution in [-0.4, -0.2) is 71.6 Å². The van der Waals surface area contributed by atoms with E-state index < -0.39 is 6.04 Å². The third kappa shape index (κ3) is 9.04. The average Bonchev–Trinajstić information content (AvgIpc) is 3.30. The summed E-state index contributed by atoms with van der Waals surface area (Å²) in [6, 6.07) is -0.770. The Kier molecular flexibility index (Phi) is 10.5. The van der Waals surface area contributed by atoms with E-state index >= 15 is 0 Å². The number of nitrogens with zero attached hydrogens (tertiary/aromatic N) is 4. The lowest BCUT2D eigenvalue weighted by Gasteiger charge is -2.32. The number of Topliss-reactive ketones (excluding diaryl/α,β-unsaturated/α-hetero) is 1. The molecule has 1 aliphatic heterocycles. The smallest absolute Gasteiger partial charge is 0.240 e. The van der Waals surface area contributed by atoms with Crippen LogP contribution in [0.5, 0.6) is 0 Å². The molecule has 0 aliphatic carbocycles. The molecule has 12 nitrogen and oxygen atoms in total. The molecule has 1 fully saturated rings. The number of nitrogens with two attached hydrogens (primary N) is 4. The molecule has 2 atom stereocenters. The van der Waals surface area contributed by atoms with Crippen molar-refractivity contribution >= 4 is 40.9 Å². The van der Waals surface area contributed by atoms with Gasteiger partial charge in [-0.25, -0.2) is 4.98 Å². The predicted molar refractivity (Wildman–Crippen MR) is 128 cm³/mol. The summed E-state index contributed by atoms with van der Waals surface area (Å²) in [4.78, 5) is 51.8. The van der Waals surface area contributed by atoms with Gasteiger partial charge in [-0.15, -0.1) is 11.3 Å². The maximum Gasteiger partial charge on any atom is 0.240 e. The van der Waals surface area contributed by atoms with Crippen molar-refractivity contribution in [1.29, 1.82) is 0 Å². The molecule has 2 amide bonds. The Balaban J connectivity index is 1.92. The lowest BCUT2D eigenvalue weighted by molar-refractivity contribution is -0.142. The number of hydrogen-bond acceptors (Lipinski definition) is 7. The summed E-state index contributed by atoms with van der Waals surface area (Å²) in [5.74, 6) is -0.877. The number of carbonyl (C=O) groups is 3. The maximum absolute atomic E-state index is 12.8. The molecule has 182 valence electrons. The number of piperidine rings is 1. The molecule has 1 aromatic heterocycles. The van der Waals surface area contributed by atoms with E-state index in [4.69, 9.17) is 22.9 Å². The molecule has 2 heterocycles. The summed E-state index contributed by atoms with van der Waals surface area (Å²) < 4.78 is 0. The lowest BCUT2D eigenvalue weighted by Crippen LogP contribution is -2.49. The van der Waals surface area contributed by atoms with Gasteiger partial charge in [0, 0.05) is 37.1 Å². The molecule has 0 saturated carbocycles. The predicted octanol–water partition coefficient (Wildman–Crippen LogP) is -0.844. The number of thiazole rings is 1. The van der Waals surface area contributed by atoms with Gasteiger partial charge in [0.2, 0.25) is 17.6 Å². The molecule has 0 aromatic carbocycles. The minimum atomic E-state index is -0.770. The molecular weight excluding hydrogens is 446 g/mol. The highest BCUT2D eigenvalue weighted by molar-refractivity contribution is 7.11. The molecule has 33 heavy (non-hydrogen) atoms. The Morgan fingerprint density at radius 3 is 2.52 bits per heavy atom. The van der Waals surface area contributed by atoms with Crippen LogP contribution in [-0.2, 0) is 9.59 Å².